The van der Waals surface area contributed by atoms with E-state index in [1.165, 1.54) is 33.9 Å². The smallest absolute Gasteiger partial charge is 0.243 e. The van der Waals surface area contributed by atoms with Crippen LogP contribution in [0.15, 0.2) is 97.1 Å². The van der Waals surface area contributed by atoms with Crippen molar-refractivity contribution in [3.05, 3.63) is 131 Å². The lowest BCUT2D eigenvalue weighted by atomic mass is 9.88. The lowest BCUT2D eigenvalue weighted by molar-refractivity contribution is -0.141. The number of hydrogen-bond donors (Lipinski definition) is 1. The van der Waals surface area contributed by atoms with Crippen LogP contribution in [0.5, 0.6) is 5.75 Å². The Hall–Kier alpha value is -5.49. The maximum atomic E-state index is 15.9. The van der Waals surface area contributed by atoms with Gasteiger partial charge in [0.15, 0.2) is 6.29 Å². The molecule has 0 aliphatic carbocycles. The Kier molecular flexibility index (Phi) is 12.5. The number of piperidine rings is 2. The van der Waals surface area contributed by atoms with Gasteiger partial charge in [-0.15, -0.1) is 0 Å². The van der Waals surface area contributed by atoms with Crippen molar-refractivity contribution in [2.75, 3.05) is 50.8 Å². The summed E-state index contributed by atoms with van der Waals surface area (Å²) < 4.78 is 22.2. The lowest BCUT2D eigenvalue weighted by Gasteiger charge is -2.44. The molecular weight excluding hydrogens is 782 g/mol. The van der Waals surface area contributed by atoms with Crippen molar-refractivity contribution in [1.29, 1.82) is 0 Å². The summed E-state index contributed by atoms with van der Waals surface area (Å²) in [7, 11) is 0. The number of carbonyl (C=O) groups is 4. The standard InChI is InChI=1S/C51H56FN5O5/c1-2-42(35-9-5-3-6-10-35)49(36-11-7-4-8-12-36)37-13-17-41(18-14-37)62-26-25-54-23-21-34(22-24-54)29-56-39-15-16-40(56)32-55(31-39)46-28-43-38(27-44(46)52)30-57(50(43)47(59)33-58)45-19-20-48(60)53-51(45)61/h3-14,17-18,27-28,33-34,39-40,45,50H,2,15-16,19-26,29-32H2,1H3,(H,53,60,61). The van der Waals surface area contributed by atoms with Crippen molar-refractivity contribution in [3.8, 4) is 5.75 Å². The number of allylic oxidation sites excluding steroid dienone is 1. The minimum absolute atomic E-state index is 0.146. The third-order valence-corrected chi connectivity index (χ3v) is 14.0. The summed E-state index contributed by atoms with van der Waals surface area (Å²) in [5.41, 5.74) is 7.82. The summed E-state index contributed by atoms with van der Waals surface area (Å²) >= 11 is 0. The van der Waals surface area contributed by atoms with Crippen molar-refractivity contribution in [1.82, 2.24) is 20.0 Å². The van der Waals surface area contributed by atoms with Crippen LogP contribution in [0.1, 0.15) is 85.7 Å². The molecule has 10 nitrogen and oxygen atoms in total. The van der Waals surface area contributed by atoms with E-state index < -0.39 is 23.8 Å². The molecule has 0 aromatic heterocycles. The number of ketones is 1. The van der Waals surface area contributed by atoms with Crippen molar-refractivity contribution >= 4 is 40.7 Å². The number of rotatable bonds is 14. The van der Waals surface area contributed by atoms with E-state index in [-0.39, 0.29) is 37.4 Å². The van der Waals surface area contributed by atoms with Crippen LogP contribution >= 0.6 is 0 Å². The molecule has 322 valence electrons. The fourth-order valence-electron chi connectivity index (χ4n) is 10.9. The molecule has 1 N–H and O–H groups in total. The monoisotopic (exact) mass is 837 g/mol. The Morgan fingerprint density at radius 2 is 1.50 bits per heavy atom. The van der Waals surface area contributed by atoms with Gasteiger partial charge in [-0.3, -0.25) is 39.2 Å². The third kappa shape index (κ3) is 8.63. The Bertz CT molecular complexity index is 2300. The molecule has 4 aromatic rings. The number of nitrogens with one attached hydrogen (secondary N) is 1. The molecular formula is C51H56FN5O5. The van der Waals surface area contributed by atoms with Crippen LogP contribution in [0, 0.1) is 11.7 Å². The quantitative estimate of drug-likeness (QED) is 0.0619. The zero-order valence-corrected chi connectivity index (χ0v) is 35.5. The van der Waals surface area contributed by atoms with Gasteiger partial charge >= 0.3 is 0 Å². The molecule has 4 fully saturated rings. The van der Waals surface area contributed by atoms with Crippen molar-refractivity contribution in [2.24, 2.45) is 5.92 Å². The number of imide groups is 1. The zero-order valence-electron chi connectivity index (χ0n) is 35.5. The van der Waals surface area contributed by atoms with Crippen molar-refractivity contribution < 1.29 is 28.3 Å². The summed E-state index contributed by atoms with van der Waals surface area (Å²) in [6.07, 6.45) is 6.01. The first kappa shape index (κ1) is 41.8. The molecule has 11 heteroatoms. The van der Waals surface area contributed by atoms with E-state index in [0.717, 1.165) is 64.0 Å². The van der Waals surface area contributed by atoms with E-state index in [0.29, 0.717) is 54.5 Å². The fourth-order valence-corrected chi connectivity index (χ4v) is 10.9. The molecule has 5 aliphatic heterocycles. The summed E-state index contributed by atoms with van der Waals surface area (Å²) in [5.74, 6) is -0.382. The molecule has 0 radical (unpaired) electrons. The number of piperazine rings is 1. The van der Waals surface area contributed by atoms with Gasteiger partial charge in [0.05, 0.1) is 11.7 Å². The Balaban J connectivity index is 0.774. The Morgan fingerprint density at radius 1 is 0.839 bits per heavy atom. The first-order valence-electron chi connectivity index (χ1n) is 22.5. The number of amides is 2. The average molecular weight is 838 g/mol. The number of likely N-dealkylation sites (tertiary alicyclic amines) is 1. The fraction of sp³-hybridized carbons (Fsp3) is 0.412. The van der Waals surface area contributed by atoms with E-state index >= 15 is 4.39 Å². The van der Waals surface area contributed by atoms with E-state index in [2.05, 4.69) is 112 Å². The number of aldehydes is 1. The van der Waals surface area contributed by atoms with Crippen LogP contribution in [0.4, 0.5) is 10.1 Å². The number of anilines is 1. The molecule has 9 rings (SSSR count). The molecule has 62 heavy (non-hydrogen) atoms. The number of fused-ring (bicyclic) bond motifs is 3. The van der Waals surface area contributed by atoms with Gasteiger partial charge in [0.1, 0.15) is 24.2 Å². The van der Waals surface area contributed by atoms with Crippen molar-refractivity contribution in [2.45, 2.75) is 82.6 Å². The number of nitrogens with zero attached hydrogens (tertiary/aromatic N) is 4. The lowest BCUT2D eigenvalue weighted by Crippen LogP contribution is -2.55. The van der Waals surface area contributed by atoms with Crippen LogP contribution in [-0.2, 0) is 25.7 Å². The molecule has 4 unspecified atom stereocenters. The number of benzene rings is 4. The second-order valence-electron chi connectivity index (χ2n) is 17.6. The highest BCUT2D eigenvalue weighted by Gasteiger charge is 2.46. The summed E-state index contributed by atoms with van der Waals surface area (Å²) in [5, 5.41) is 2.35. The summed E-state index contributed by atoms with van der Waals surface area (Å²) in [4.78, 5) is 58.4. The molecule has 4 aromatic carbocycles. The second-order valence-corrected chi connectivity index (χ2v) is 17.6. The van der Waals surface area contributed by atoms with E-state index in [9.17, 15) is 19.2 Å². The van der Waals surface area contributed by atoms with E-state index in [1.807, 2.05) is 0 Å². The maximum Gasteiger partial charge on any atom is 0.243 e. The first-order chi connectivity index (χ1) is 30.3. The van der Waals surface area contributed by atoms with Crippen LogP contribution in [0.2, 0.25) is 0 Å². The molecule has 0 spiro atoms. The topological polar surface area (TPSA) is 102 Å². The number of Topliss-reactive ketones (excluding diaryl/α,β-unsaturated/α-hetero) is 1. The van der Waals surface area contributed by atoms with Gasteiger partial charge < -0.3 is 9.64 Å². The highest BCUT2D eigenvalue weighted by molar-refractivity contribution is 6.27. The van der Waals surface area contributed by atoms with Crippen LogP contribution in [0.25, 0.3) is 11.1 Å². The number of ether oxygens (including phenoxy) is 1. The van der Waals surface area contributed by atoms with Gasteiger partial charge in [-0.25, -0.2) is 4.39 Å². The molecule has 4 saturated heterocycles. The van der Waals surface area contributed by atoms with Gasteiger partial charge in [0.2, 0.25) is 17.6 Å². The normalized spacial score (nSPS) is 23.8. The highest BCUT2D eigenvalue weighted by atomic mass is 19.1. The predicted molar refractivity (Wildman–Crippen MR) is 238 cm³/mol. The van der Waals surface area contributed by atoms with Gasteiger partial charge in [-0.05, 0) is 121 Å². The number of hydrogen-bond acceptors (Lipinski definition) is 9. The number of halogens is 1. The first-order valence-corrected chi connectivity index (χ1v) is 22.5. The predicted octanol–water partition coefficient (Wildman–Crippen LogP) is 7.07. The average Bonchev–Trinajstić information content (AvgIpc) is 3.76. The largest absolute Gasteiger partial charge is 0.492 e. The molecule has 2 amide bonds. The second kappa shape index (κ2) is 18.5. The highest BCUT2D eigenvalue weighted by Crippen LogP contribution is 2.42. The maximum absolute atomic E-state index is 15.9. The third-order valence-electron chi connectivity index (χ3n) is 14.0. The minimum atomic E-state index is -0.983. The Labute approximate surface area is 363 Å². The van der Waals surface area contributed by atoms with Gasteiger partial charge in [-0.2, -0.15) is 0 Å². The van der Waals surface area contributed by atoms with Crippen molar-refractivity contribution in [3.63, 3.8) is 0 Å². The van der Waals surface area contributed by atoms with Gasteiger partial charge in [-0.1, -0.05) is 79.7 Å². The SMILES string of the molecule is CCC(=C(c1ccccc1)c1ccc(OCCN2CCC(CN3C4CCC3CN(c3cc5c(cc3F)CN(C3CCC(=O)NC3=O)C5C(=O)C=O)C4)CC2)cc1)c1ccccc1. The van der Waals surface area contributed by atoms with Crippen LogP contribution in [-0.4, -0.2) is 103 Å². The molecule has 0 saturated carbocycles. The number of carbonyl (C=O) groups excluding carboxylic acids is 4. The Morgan fingerprint density at radius 3 is 2.15 bits per heavy atom. The molecule has 5 heterocycles. The molecule has 4 atom stereocenters. The van der Waals surface area contributed by atoms with Crippen LogP contribution < -0.4 is 15.0 Å². The summed E-state index contributed by atoms with van der Waals surface area (Å²) in [6.45, 7) is 8.44. The van der Waals surface area contributed by atoms with Gasteiger partial charge in [0, 0.05) is 51.2 Å². The zero-order chi connectivity index (χ0) is 42.7. The molecule has 5 aliphatic rings. The summed E-state index contributed by atoms with van der Waals surface area (Å²) in [6, 6.07) is 32.0. The minimum Gasteiger partial charge on any atom is -0.492 e. The van der Waals surface area contributed by atoms with E-state index in [1.54, 1.807) is 11.0 Å². The van der Waals surface area contributed by atoms with E-state index in [4.69, 9.17) is 4.74 Å². The van der Waals surface area contributed by atoms with Gasteiger partial charge in [0.25, 0.3) is 0 Å². The van der Waals surface area contributed by atoms with Crippen LogP contribution in [0.3, 0.4) is 0 Å². The molecule has 2 bridgehead atoms.